The Labute approximate surface area is 173 Å². The van der Waals surface area contributed by atoms with Crippen LogP contribution in [0.2, 0.25) is 0 Å². The van der Waals surface area contributed by atoms with Crippen LogP contribution in [0.1, 0.15) is 21.5 Å². The Morgan fingerprint density at radius 2 is 1.69 bits per heavy atom. The molecule has 0 radical (unpaired) electrons. The Kier molecular flexibility index (Phi) is 6.54. The number of carbonyl (C=O) groups excluding carboxylic acids is 2. The molecule has 1 heterocycles. The smallest absolute Gasteiger partial charge is 0.254 e. The van der Waals surface area contributed by atoms with Crippen LogP contribution in [-0.4, -0.2) is 68.4 Å². The molecule has 6 heteroatoms. The van der Waals surface area contributed by atoms with Gasteiger partial charge in [0.15, 0.2) is 0 Å². The van der Waals surface area contributed by atoms with Crippen LogP contribution in [0.15, 0.2) is 42.5 Å². The van der Waals surface area contributed by atoms with Gasteiger partial charge >= 0.3 is 0 Å². The van der Waals surface area contributed by atoms with Crippen LogP contribution in [-0.2, 0) is 4.79 Å². The van der Waals surface area contributed by atoms with Crippen LogP contribution >= 0.6 is 0 Å². The minimum atomic E-state index is -0.0165. The molecule has 1 fully saturated rings. The molecule has 1 aliphatic heterocycles. The third kappa shape index (κ3) is 5.15. The van der Waals surface area contributed by atoms with Crippen LogP contribution in [0.25, 0.3) is 0 Å². The topological polar surface area (TPSA) is 55.9 Å². The van der Waals surface area contributed by atoms with Crippen molar-refractivity contribution in [2.45, 2.75) is 13.8 Å². The average Bonchev–Trinajstić information content (AvgIpc) is 2.71. The van der Waals surface area contributed by atoms with E-state index in [2.05, 4.69) is 10.2 Å². The fraction of sp³-hybridized carbons (Fsp3) is 0.391. The molecule has 1 N–H and O–H groups in total. The van der Waals surface area contributed by atoms with Gasteiger partial charge in [-0.25, -0.2) is 0 Å². The zero-order valence-electron chi connectivity index (χ0n) is 17.7. The summed E-state index contributed by atoms with van der Waals surface area (Å²) >= 11 is 0. The van der Waals surface area contributed by atoms with Crippen molar-refractivity contribution in [3.8, 4) is 0 Å². The van der Waals surface area contributed by atoms with Crippen molar-refractivity contribution in [2.24, 2.45) is 0 Å². The number of anilines is 2. The van der Waals surface area contributed by atoms with Gasteiger partial charge in [0.05, 0.1) is 6.54 Å². The summed E-state index contributed by atoms with van der Waals surface area (Å²) in [7, 11) is 3.93. The number of hydrogen-bond donors (Lipinski definition) is 1. The molecule has 2 amide bonds. The minimum Gasteiger partial charge on any atom is -0.378 e. The molecule has 1 saturated heterocycles. The predicted octanol–water partition coefficient (Wildman–Crippen LogP) is 2.77. The van der Waals surface area contributed by atoms with Crippen LogP contribution in [0, 0.1) is 13.8 Å². The SMILES string of the molecule is Cc1cccc(NC(=O)CN2CCN(C(=O)c3cccc(N(C)C)c3)CC2)c1C. The molecule has 1 aliphatic rings. The molecule has 0 bridgehead atoms. The largest absolute Gasteiger partial charge is 0.378 e. The quantitative estimate of drug-likeness (QED) is 0.847. The maximum Gasteiger partial charge on any atom is 0.254 e. The molecular formula is C23H30N4O2. The van der Waals surface area contributed by atoms with E-state index < -0.39 is 0 Å². The summed E-state index contributed by atoms with van der Waals surface area (Å²) in [5, 5.41) is 3.01. The number of benzene rings is 2. The van der Waals surface area contributed by atoms with Gasteiger partial charge in [-0.2, -0.15) is 0 Å². The zero-order valence-corrected chi connectivity index (χ0v) is 17.7. The summed E-state index contributed by atoms with van der Waals surface area (Å²) in [5.74, 6) is 0.0327. The Hall–Kier alpha value is -2.86. The molecule has 0 spiro atoms. The Balaban J connectivity index is 1.52. The van der Waals surface area contributed by atoms with E-state index in [-0.39, 0.29) is 11.8 Å². The normalized spacial score (nSPS) is 14.6. The van der Waals surface area contributed by atoms with E-state index in [4.69, 9.17) is 0 Å². The average molecular weight is 395 g/mol. The lowest BCUT2D eigenvalue weighted by Crippen LogP contribution is -2.50. The Bertz CT molecular complexity index is 886. The van der Waals surface area contributed by atoms with Crippen molar-refractivity contribution >= 4 is 23.2 Å². The molecule has 0 aromatic heterocycles. The Morgan fingerprint density at radius 1 is 1.00 bits per heavy atom. The van der Waals surface area contributed by atoms with Gasteiger partial charge in [0, 0.05) is 57.2 Å². The number of rotatable bonds is 5. The first kappa shape index (κ1) is 20.9. The molecule has 154 valence electrons. The summed E-state index contributed by atoms with van der Waals surface area (Å²) in [6.45, 7) is 7.03. The van der Waals surface area contributed by atoms with Crippen molar-refractivity contribution in [3.05, 3.63) is 59.2 Å². The second-order valence-corrected chi connectivity index (χ2v) is 7.81. The standard InChI is InChI=1S/C23H30N4O2/c1-17-7-5-10-21(18(17)2)24-22(28)16-26-11-13-27(14-12-26)23(29)19-8-6-9-20(15-19)25(3)4/h5-10,15H,11-14,16H2,1-4H3,(H,24,28). The number of aryl methyl sites for hydroxylation is 1. The minimum absolute atomic E-state index is 0.0165. The highest BCUT2D eigenvalue weighted by Gasteiger charge is 2.23. The molecule has 0 saturated carbocycles. The lowest BCUT2D eigenvalue weighted by Gasteiger charge is -2.34. The highest BCUT2D eigenvalue weighted by molar-refractivity contribution is 5.95. The second-order valence-electron chi connectivity index (χ2n) is 7.81. The van der Waals surface area contributed by atoms with Crippen LogP contribution < -0.4 is 10.2 Å². The third-order valence-corrected chi connectivity index (χ3v) is 5.51. The van der Waals surface area contributed by atoms with Gasteiger partial charge in [-0.15, -0.1) is 0 Å². The number of nitrogens with zero attached hydrogens (tertiary/aromatic N) is 3. The first-order valence-corrected chi connectivity index (χ1v) is 10.00. The zero-order chi connectivity index (χ0) is 21.0. The van der Waals surface area contributed by atoms with Crippen molar-refractivity contribution in [2.75, 3.05) is 57.0 Å². The lowest BCUT2D eigenvalue weighted by atomic mass is 10.1. The van der Waals surface area contributed by atoms with E-state index in [1.165, 1.54) is 0 Å². The lowest BCUT2D eigenvalue weighted by molar-refractivity contribution is -0.117. The third-order valence-electron chi connectivity index (χ3n) is 5.51. The monoisotopic (exact) mass is 394 g/mol. The molecule has 0 aliphatic carbocycles. The summed E-state index contributed by atoms with van der Waals surface area (Å²) in [5.41, 5.74) is 4.84. The van der Waals surface area contributed by atoms with Crippen LogP contribution in [0.4, 0.5) is 11.4 Å². The van der Waals surface area contributed by atoms with Crippen molar-refractivity contribution in [1.29, 1.82) is 0 Å². The molecule has 0 atom stereocenters. The van der Waals surface area contributed by atoms with E-state index in [0.29, 0.717) is 38.3 Å². The van der Waals surface area contributed by atoms with Crippen molar-refractivity contribution < 1.29 is 9.59 Å². The fourth-order valence-corrected chi connectivity index (χ4v) is 3.49. The first-order valence-electron chi connectivity index (χ1n) is 10.00. The number of nitrogens with one attached hydrogen (secondary N) is 1. The van der Waals surface area contributed by atoms with E-state index >= 15 is 0 Å². The summed E-state index contributed by atoms with van der Waals surface area (Å²) in [4.78, 5) is 31.2. The van der Waals surface area contributed by atoms with E-state index in [1.807, 2.05) is 80.2 Å². The van der Waals surface area contributed by atoms with Gasteiger partial charge < -0.3 is 15.1 Å². The molecule has 2 aromatic rings. The summed E-state index contributed by atoms with van der Waals surface area (Å²) in [6.07, 6.45) is 0. The molecule has 29 heavy (non-hydrogen) atoms. The molecule has 2 aromatic carbocycles. The van der Waals surface area contributed by atoms with E-state index in [1.54, 1.807) is 0 Å². The predicted molar refractivity (Wildman–Crippen MR) is 118 cm³/mol. The highest BCUT2D eigenvalue weighted by atomic mass is 16.2. The summed E-state index contributed by atoms with van der Waals surface area (Å²) in [6, 6.07) is 13.6. The number of hydrogen-bond acceptors (Lipinski definition) is 4. The number of carbonyl (C=O) groups is 2. The van der Waals surface area contributed by atoms with Crippen LogP contribution in [0.3, 0.4) is 0 Å². The second kappa shape index (κ2) is 9.09. The van der Waals surface area contributed by atoms with E-state index in [0.717, 1.165) is 22.5 Å². The van der Waals surface area contributed by atoms with Crippen molar-refractivity contribution in [1.82, 2.24) is 9.80 Å². The van der Waals surface area contributed by atoms with Gasteiger partial charge in [-0.1, -0.05) is 18.2 Å². The van der Waals surface area contributed by atoms with Gasteiger partial charge in [0.2, 0.25) is 5.91 Å². The number of amides is 2. The maximum absolute atomic E-state index is 12.8. The summed E-state index contributed by atoms with van der Waals surface area (Å²) < 4.78 is 0. The van der Waals surface area contributed by atoms with Gasteiger partial charge in [-0.05, 0) is 49.2 Å². The van der Waals surface area contributed by atoms with Gasteiger partial charge in [0.1, 0.15) is 0 Å². The molecule has 3 rings (SSSR count). The number of piperazine rings is 1. The molecule has 0 unspecified atom stereocenters. The van der Waals surface area contributed by atoms with Crippen LogP contribution in [0.5, 0.6) is 0 Å². The molecular weight excluding hydrogens is 364 g/mol. The highest BCUT2D eigenvalue weighted by Crippen LogP contribution is 2.18. The van der Waals surface area contributed by atoms with E-state index in [9.17, 15) is 9.59 Å². The van der Waals surface area contributed by atoms with Crippen molar-refractivity contribution in [3.63, 3.8) is 0 Å². The first-order chi connectivity index (χ1) is 13.8. The maximum atomic E-state index is 12.8. The van der Waals surface area contributed by atoms with Gasteiger partial charge in [0.25, 0.3) is 5.91 Å². The van der Waals surface area contributed by atoms with Gasteiger partial charge in [-0.3, -0.25) is 14.5 Å². The fourth-order valence-electron chi connectivity index (χ4n) is 3.49. The molecule has 6 nitrogen and oxygen atoms in total. The Morgan fingerprint density at radius 3 is 2.38 bits per heavy atom.